The monoisotopic (exact) mass is 606 g/mol. The van der Waals surface area contributed by atoms with Crippen LogP contribution in [0.5, 0.6) is 0 Å². The quantitative estimate of drug-likeness (QED) is 0.223. The van der Waals surface area contributed by atoms with Gasteiger partial charge in [0.1, 0.15) is 17.2 Å². The van der Waals surface area contributed by atoms with Crippen molar-refractivity contribution < 1.29 is 14.3 Å². The van der Waals surface area contributed by atoms with Crippen molar-refractivity contribution >= 4 is 6.09 Å². The lowest BCUT2D eigenvalue weighted by atomic mass is 9.93. The summed E-state index contributed by atoms with van der Waals surface area (Å²) < 4.78 is 11.9. The SMILES string of the molecule is CC(C)(C)OC(=O)N1CCC[C@H]1c1ncc(-c2ccc3c(c2)COCc2cc(-c4cnc([C@@H]5C[C@H]6CC[C@H](C6)N5)[nH]4)ccc2-3)[nH]1. The normalized spacial score (nSPS) is 24.3. The summed E-state index contributed by atoms with van der Waals surface area (Å²) in [6, 6.07) is 14.0. The zero-order valence-electron chi connectivity index (χ0n) is 26.4. The number of aromatic amines is 2. The number of fused-ring (bicyclic) bond motifs is 5. The molecule has 3 aliphatic heterocycles. The number of benzene rings is 2. The van der Waals surface area contributed by atoms with Gasteiger partial charge in [-0.05, 0) is 111 Å². The van der Waals surface area contributed by atoms with Gasteiger partial charge in [0.25, 0.3) is 0 Å². The smallest absolute Gasteiger partial charge is 0.410 e. The number of carbonyl (C=O) groups excluding carboxylic acids is 1. The van der Waals surface area contributed by atoms with Gasteiger partial charge in [0, 0.05) is 12.6 Å². The van der Waals surface area contributed by atoms with Gasteiger partial charge in [-0.25, -0.2) is 14.8 Å². The summed E-state index contributed by atoms with van der Waals surface area (Å²) in [5, 5.41) is 3.80. The van der Waals surface area contributed by atoms with E-state index in [-0.39, 0.29) is 12.1 Å². The van der Waals surface area contributed by atoms with Crippen LogP contribution in [-0.2, 0) is 22.7 Å². The third-order valence-corrected chi connectivity index (χ3v) is 9.90. The molecule has 9 heteroatoms. The van der Waals surface area contributed by atoms with Crippen LogP contribution in [0.15, 0.2) is 48.8 Å². The third kappa shape index (κ3) is 5.57. The second-order valence-corrected chi connectivity index (χ2v) is 14.3. The maximum absolute atomic E-state index is 12.8. The van der Waals surface area contributed by atoms with Gasteiger partial charge in [-0.15, -0.1) is 0 Å². The van der Waals surface area contributed by atoms with Gasteiger partial charge >= 0.3 is 6.09 Å². The molecule has 1 amide bonds. The molecule has 1 aliphatic carbocycles. The molecule has 4 atom stereocenters. The Morgan fingerprint density at radius 1 is 0.889 bits per heavy atom. The highest BCUT2D eigenvalue weighted by Gasteiger charge is 2.36. The number of likely N-dealkylation sites (tertiary alicyclic amines) is 1. The number of ether oxygens (including phenoxy) is 2. The minimum absolute atomic E-state index is 0.112. The zero-order valence-corrected chi connectivity index (χ0v) is 26.4. The number of nitrogens with one attached hydrogen (secondary N) is 3. The molecule has 2 saturated heterocycles. The maximum atomic E-state index is 12.8. The Hall–Kier alpha value is -3.95. The molecule has 45 heavy (non-hydrogen) atoms. The summed E-state index contributed by atoms with van der Waals surface area (Å²) >= 11 is 0. The van der Waals surface area contributed by atoms with Gasteiger partial charge in [0.05, 0.1) is 49.1 Å². The molecule has 0 spiro atoms. The summed E-state index contributed by atoms with van der Waals surface area (Å²) in [6.07, 6.45) is 10.5. The first-order chi connectivity index (χ1) is 21.8. The average Bonchev–Trinajstić information content (AvgIpc) is 3.82. The number of amides is 1. The van der Waals surface area contributed by atoms with E-state index in [1.807, 2.05) is 33.2 Å². The molecule has 0 unspecified atom stereocenters. The van der Waals surface area contributed by atoms with E-state index in [2.05, 4.69) is 51.7 Å². The van der Waals surface area contributed by atoms with Crippen LogP contribution >= 0.6 is 0 Å². The Bertz CT molecular complexity index is 1720. The molecule has 3 N–H and O–H groups in total. The number of hydrogen-bond donors (Lipinski definition) is 3. The highest BCUT2D eigenvalue weighted by Crippen LogP contribution is 2.40. The number of rotatable bonds is 4. The molecule has 9 nitrogen and oxygen atoms in total. The van der Waals surface area contributed by atoms with Crippen molar-refractivity contribution in [3.8, 4) is 33.6 Å². The topological polar surface area (TPSA) is 108 Å². The van der Waals surface area contributed by atoms with Gasteiger partial charge in [0.2, 0.25) is 0 Å². The van der Waals surface area contributed by atoms with Crippen molar-refractivity contribution in [3.05, 3.63) is 71.6 Å². The maximum Gasteiger partial charge on any atom is 0.410 e. The van der Waals surface area contributed by atoms with Crippen LogP contribution in [-0.4, -0.2) is 49.1 Å². The fourth-order valence-electron chi connectivity index (χ4n) is 7.78. The minimum atomic E-state index is -0.531. The summed E-state index contributed by atoms with van der Waals surface area (Å²) in [5.74, 6) is 2.68. The Kier molecular flexibility index (Phi) is 7.06. The molecule has 1 saturated carbocycles. The Balaban J connectivity index is 1.01. The van der Waals surface area contributed by atoms with E-state index in [1.54, 1.807) is 4.90 Å². The lowest BCUT2D eigenvalue weighted by Gasteiger charge is -2.28. The Labute approximate surface area is 264 Å². The molecule has 2 aromatic heterocycles. The Morgan fingerprint density at radius 3 is 2.22 bits per heavy atom. The van der Waals surface area contributed by atoms with E-state index in [1.165, 1.54) is 42.4 Å². The number of H-pyrrole nitrogens is 2. The number of carbonyl (C=O) groups is 1. The fraction of sp³-hybridized carbons (Fsp3) is 0.472. The third-order valence-electron chi connectivity index (χ3n) is 9.90. The molecular formula is C36H42N6O3. The summed E-state index contributed by atoms with van der Waals surface area (Å²) in [5.41, 5.74) is 8.35. The summed E-state index contributed by atoms with van der Waals surface area (Å²) in [4.78, 5) is 31.3. The molecule has 2 bridgehead atoms. The number of nitrogens with zero attached hydrogens (tertiary/aromatic N) is 3. The molecule has 0 radical (unpaired) electrons. The molecule has 4 aromatic rings. The number of imidazole rings is 2. The second kappa shape index (κ2) is 11.1. The van der Waals surface area contributed by atoms with E-state index in [0.717, 1.165) is 58.5 Å². The van der Waals surface area contributed by atoms with Crippen molar-refractivity contribution in [3.63, 3.8) is 0 Å². The second-order valence-electron chi connectivity index (χ2n) is 14.3. The van der Waals surface area contributed by atoms with E-state index in [9.17, 15) is 4.79 Å². The van der Waals surface area contributed by atoms with Crippen molar-refractivity contribution in [1.82, 2.24) is 30.2 Å². The fourth-order valence-corrected chi connectivity index (χ4v) is 7.78. The predicted octanol–water partition coefficient (Wildman–Crippen LogP) is 7.44. The van der Waals surface area contributed by atoms with Crippen LogP contribution in [0.3, 0.4) is 0 Å². The van der Waals surface area contributed by atoms with Crippen LogP contribution in [0, 0.1) is 5.92 Å². The van der Waals surface area contributed by atoms with Gasteiger partial charge in [-0.1, -0.05) is 24.3 Å². The first-order valence-electron chi connectivity index (χ1n) is 16.5. The molecular weight excluding hydrogens is 564 g/mol. The van der Waals surface area contributed by atoms with Crippen molar-refractivity contribution in [1.29, 1.82) is 0 Å². The van der Waals surface area contributed by atoms with E-state index >= 15 is 0 Å². The summed E-state index contributed by atoms with van der Waals surface area (Å²) in [7, 11) is 0. The largest absolute Gasteiger partial charge is 0.444 e. The van der Waals surface area contributed by atoms with Gasteiger partial charge in [-0.3, -0.25) is 4.90 Å². The Morgan fingerprint density at radius 2 is 1.56 bits per heavy atom. The van der Waals surface area contributed by atoms with E-state index in [0.29, 0.717) is 31.8 Å². The van der Waals surface area contributed by atoms with Crippen molar-refractivity contribution in [2.75, 3.05) is 6.54 Å². The van der Waals surface area contributed by atoms with E-state index < -0.39 is 5.60 Å². The number of aromatic nitrogens is 4. The average molecular weight is 607 g/mol. The van der Waals surface area contributed by atoms with Crippen LogP contribution in [0.1, 0.15) is 94.2 Å². The molecule has 4 aliphatic rings. The molecule has 2 aromatic carbocycles. The minimum Gasteiger partial charge on any atom is -0.444 e. The van der Waals surface area contributed by atoms with Crippen LogP contribution < -0.4 is 5.32 Å². The van der Waals surface area contributed by atoms with Crippen LogP contribution in [0.25, 0.3) is 33.6 Å². The van der Waals surface area contributed by atoms with Crippen LogP contribution in [0.2, 0.25) is 0 Å². The van der Waals surface area contributed by atoms with Gasteiger partial charge in [-0.2, -0.15) is 0 Å². The zero-order chi connectivity index (χ0) is 30.7. The van der Waals surface area contributed by atoms with Crippen molar-refractivity contribution in [2.24, 2.45) is 5.92 Å². The number of piperidine rings is 1. The lowest BCUT2D eigenvalue weighted by molar-refractivity contribution is 0.0218. The summed E-state index contributed by atoms with van der Waals surface area (Å²) in [6.45, 7) is 7.45. The molecule has 3 fully saturated rings. The van der Waals surface area contributed by atoms with E-state index in [4.69, 9.17) is 19.4 Å². The molecule has 5 heterocycles. The highest BCUT2D eigenvalue weighted by atomic mass is 16.6. The van der Waals surface area contributed by atoms with Gasteiger partial charge < -0.3 is 24.8 Å². The standard InChI is InChI=1S/C36H42N6O3/c1-36(2,3)45-35(43)42-12-4-5-32(42)34-38-18-31(41-34)23-8-11-28-25(16-23)20-44-19-24-15-22(7-10-27(24)28)30-17-37-33(40-30)29-14-21-6-9-26(13-21)39-29/h7-8,10-11,15-18,21,26,29,32,39H,4-6,9,12-14,19-20H2,1-3H3,(H,37,40)(H,38,41)/t21-,26+,29-,32-/m0/s1. The van der Waals surface area contributed by atoms with Gasteiger partial charge in [0.15, 0.2) is 0 Å². The lowest BCUT2D eigenvalue weighted by Crippen LogP contribution is -2.36. The highest BCUT2D eigenvalue weighted by molar-refractivity contribution is 5.77. The first-order valence-corrected chi connectivity index (χ1v) is 16.5. The number of hydrogen-bond acceptors (Lipinski definition) is 6. The van der Waals surface area contributed by atoms with Crippen molar-refractivity contribution in [2.45, 2.75) is 96.2 Å². The molecule has 8 rings (SSSR count). The predicted molar refractivity (Wildman–Crippen MR) is 172 cm³/mol. The molecule has 234 valence electrons. The van der Waals surface area contributed by atoms with Crippen LogP contribution in [0.4, 0.5) is 4.79 Å². The first kappa shape index (κ1) is 28.5.